The Hall–Kier alpha value is 0.580. The summed E-state index contributed by atoms with van der Waals surface area (Å²) in [5.74, 6) is -2.09. The average Bonchev–Trinajstić information content (AvgIpc) is 1.60. The van der Waals surface area contributed by atoms with Crippen LogP contribution in [0.3, 0.4) is 0 Å². The van der Waals surface area contributed by atoms with Gasteiger partial charge in [0.15, 0.2) is 0 Å². The molecule has 0 fully saturated rings. The van der Waals surface area contributed by atoms with E-state index in [1.165, 1.54) is 0 Å². The maximum atomic E-state index is 10.7. The van der Waals surface area contributed by atoms with Gasteiger partial charge in [0.1, 0.15) is 0 Å². The van der Waals surface area contributed by atoms with Crippen molar-refractivity contribution >= 4 is 39.9 Å². The first kappa shape index (κ1) is 10.6. The smallest absolute Gasteiger partial charge is 0.276 e. The standard InChI is InChI=1S/C5H6Cl3OP/c1-4(2)5(6)3-10(7,8)9/h3H,1H2,2H3/b5-3-. The zero-order valence-corrected chi connectivity index (χ0v) is 8.44. The number of hydrogen-bond acceptors (Lipinski definition) is 1. The molecular formula is C5H6Cl3OP. The van der Waals surface area contributed by atoms with E-state index in [0.29, 0.717) is 5.57 Å². The molecule has 0 heterocycles. The van der Waals surface area contributed by atoms with Gasteiger partial charge >= 0.3 is 0 Å². The Morgan fingerprint density at radius 3 is 2.10 bits per heavy atom. The molecule has 0 aromatic rings. The summed E-state index contributed by atoms with van der Waals surface area (Å²) in [6, 6.07) is 0. The summed E-state index contributed by atoms with van der Waals surface area (Å²) in [5, 5.41) is 0.244. The molecular weight excluding hydrogens is 213 g/mol. The van der Waals surface area contributed by atoms with Crippen molar-refractivity contribution < 1.29 is 4.57 Å². The van der Waals surface area contributed by atoms with Crippen molar-refractivity contribution in [2.75, 3.05) is 0 Å². The van der Waals surface area contributed by atoms with Gasteiger partial charge < -0.3 is 0 Å². The number of allylic oxidation sites excluding steroid dienone is 2. The van der Waals surface area contributed by atoms with Crippen LogP contribution < -0.4 is 0 Å². The quantitative estimate of drug-likeness (QED) is 0.499. The molecule has 0 radical (unpaired) electrons. The van der Waals surface area contributed by atoms with Crippen molar-refractivity contribution in [3.8, 4) is 0 Å². The molecule has 0 atom stereocenters. The van der Waals surface area contributed by atoms with E-state index in [0.717, 1.165) is 5.82 Å². The molecule has 0 aliphatic carbocycles. The highest BCUT2D eigenvalue weighted by Crippen LogP contribution is 2.59. The van der Waals surface area contributed by atoms with Gasteiger partial charge in [0, 0.05) is 10.8 Å². The minimum absolute atomic E-state index is 0.244. The zero-order chi connectivity index (χ0) is 8.36. The monoisotopic (exact) mass is 218 g/mol. The van der Waals surface area contributed by atoms with E-state index >= 15 is 0 Å². The predicted molar refractivity (Wildman–Crippen MR) is 48.1 cm³/mol. The van der Waals surface area contributed by atoms with Crippen molar-refractivity contribution in [2.24, 2.45) is 0 Å². The summed E-state index contributed by atoms with van der Waals surface area (Å²) in [6.07, 6.45) is 0. The molecule has 1 nitrogen and oxygen atoms in total. The lowest BCUT2D eigenvalue weighted by Gasteiger charge is -1.95. The summed E-state index contributed by atoms with van der Waals surface area (Å²) in [4.78, 5) is 0. The van der Waals surface area contributed by atoms with Crippen LogP contribution in [0.1, 0.15) is 6.92 Å². The minimum atomic E-state index is -3.19. The third-order valence-corrected chi connectivity index (χ3v) is 2.40. The van der Waals surface area contributed by atoms with E-state index in [1.807, 2.05) is 0 Å². The lowest BCUT2D eigenvalue weighted by Crippen LogP contribution is -1.69. The zero-order valence-electron chi connectivity index (χ0n) is 5.27. The Balaban J connectivity index is 4.48. The van der Waals surface area contributed by atoms with Gasteiger partial charge in [0.05, 0.1) is 0 Å². The highest BCUT2D eigenvalue weighted by molar-refractivity contribution is 8.10. The van der Waals surface area contributed by atoms with Gasteiger partial charge in [0.2, 0.25) is 0 Å². The maximum Gasteiger partial charge on any atom is 0.276 e. The maximum absolute atomic E-state index is 10.7. The SMILES string of the molecule is C=C(C)/C(Cl)=C/P(=O)(Cl)Cl. The second-order valence-corrected chi connectivity index (χ2v) is 6.96. The van der Waals surface area contributed by atoms with Crippen LogP contribution in [0, 0.1) is 0 Å². The minimum Gasteiger partial charge on any atom is -0.285 e. The molecule has 0 aromatic heterocycles. The Labute approximate surface area is 74.6 Å². The van der Waals surface area contributed by atoms with E-state index in [9.17, 15) is 4.57 Å². The molecule has 0 aliphatic rings. The van der Waals surface area contributed by atoms with Crippen LogP contribution in [-0.2, 0) is 4.57 Å². The molecule has 0 aliphatic heterocycles. The second kappa shape index (κ2) is 3.82. The van der Waals surface area contributed by atoms with Crippen LogP contribution in [0.15, 0.2) is 23.0 Å². The van der Waals surface area contributed by atoms with Crippen LogP contribution in [-0.4, -0.2) is 0 Å². The Kier molecular flexibility index (Phi) is 4.05. The lowest BCUT2D eigenvalue weighted by atomic mass is 10.3. The van der Waals surface area contributed by atoms with Crippen molar-refractivity contribution in [1.82, 2.24) is 0 Å². The Bertz CT molecular complexity index is 215. The third-order valence-electron chi connectivity index (χ3n) is 0.671. The van der Waals surface area contributed by atoms with Gasteiger partial charge in [-0.15, -0.1) is 0 Å². The van der Waals surface area contributed by atoms with Crippen molar-refractivity contribution in [2.45, 2.75) is 6.92 Å². The molecule has 58 valence electrons. The molecule has 0 N–H and O–H groups in total. The summed E-state index contributed by atoms with van der Waals surface area (Å²) in [7, 11) is 0. The molecule has 0 bridgehead atoms. The van der Waals surface area contributed by atoms with Gasteiger partial charge in [-0.3, -0.25) is 4.57 Å². The largest absolute Gasteiger partial charge is 0.285 e. The fourth-order valence-corrected chi connectivity index (χ4v) is 2.02. The van der Waals surface area contributed by atoms with Crippen molar-refractivity contribution in [1.29, 1.82) is 0 Å². The topological polar surface area (TPSA) is 17.1 Å². The first-order valence-electron chi connectivity index (χ1n) is 2.36. The van der Waals surface area contributed by atoms with Crippen LogP contribution in [0.2, 0.25) is 0 Å². The summed E-state index contributed by atoms with van der Waals surface area (Å²) < 4.78 is 10.7. The Morgan fingerprint density at radius 2 is 2.00 bits per heavy atom. The predicted octanol–water partition coefficient (Wildman–Crippen LogP) is 4.31. The van der Waals surface area contributed by atoms with Crippen LogP contribution >= 0.6 is 39.9 Å². The number of halogens is 3. The summed E-state index contributed by atoms with van der Waals surface area (Å²) in [6.45, 7) is 5.17. The molecule has 10 heavy (non-hydrogen) atoms. The van der Waals surface area contributed by atoms with Gasteiger partial charge in [-0.05, 0) is 35.0 Å². The van der Waals surface area contributed by atoms with Crippen LogP contribution in [0.5, 0.6) is 0 Å². The molecule has 0 unspecified atom stereocenters. The first-order chi connectivity index (χ1) is 4.33. The Morgan fingerprint density at radius 1 is 1.60 bits per heavy atom. The molecule has 0 rings (SSSR count). The van der Waals surface area contributed by atoms with Gasteiger partial charge in [-0.25, -0.2) is 0 Å². The summed E-state index contributed by atoms with van der Waals surface area (Å²) >= 11 is 15.9. The number of hydrogen-bond donors (Lipinski definition) is 0. The lowest BCUT2D eigenvalue weighted by molar-refractivity contribution is 0.597. The van der Waals surface area contributed by atoms with Crippen molar-refractivity contribution in [3.63, 3.8) is 0 Å². The molecule has 0 aromatic carbocycles. The van der Waals surface area contributed by atoms with Gasteiger partial charge in [0.25, 0.3) is 5.85 Å². The second-order valence-electron chi connectivity index (χ2n) is 1.76. The first-order valence-corrected chi connectivity index (χ1v) is 6.32. The van der Waals surface area contributed by atoms with E-state index in [4.69, 9.17) is 34.1 Å². The molecule has 0 saturated heterocycles. The molecule has 0 spiro atoms. The summed E-state index contributed by atoms with van der Waals surface area (Å²) in [5.41, 5.74) is 0.586. The average molecular weight is 219 g/mol. The fourth-order valence-electron chi connectivity index (χ4n) is 0.242. The fraction of sp³-hybridized carbons (Fsp3) is 0.200. The molecule has 0 saturated carbocycles. The van der Waals surface area contributed by atoms with Crippen LogP contribution in [0.4, 0.5) is 0 Å². The normalized spacial score (nSPS) is 13.4. The highest BCUT2D eigenvalue weighted by Gasteiger charge is 2.10. The van der Waals surface area contributed by atoms with Crippen molar-refractivity contribution in [3.05, 3.63) is 23.0 Å². The third kappa shape index (κ3) is 5.37. The van der Waals surface area contributed by atoms with E-state index in [-0.39, 0.29) is 5.03 Å². The van der Waals surface area contributed by atoms with E-state index < -0.39 is 5.85 Å². The van der Waals surface area contributed by atoms with E-state index in [1.54, 1.807) is 6.92 Å². The molecule has 5 heteroatoms. The molecule has 0 amide bonds. The van der Waals surface area contributed by atoms with E-state index in [2.05, 4.69) is 6.58 Å². The number of rotatable bonds is 2. The van der Waals surface area contributed by atoms with Gasteiger partial charge in [-0.2, -0.15) is 0 Å². The van der Waals surface area contributed by atoms with Gasteiger partial charge in [-0.1, -0.05) is 18.2 Å². The highest BCUT2D eigenvalue weighted by atomic mass is 35.9. The van der Waals surface area contributed by atoms with Crippen LogP contribution in [0.25, 0.3) is 0 Å².